The van der Waals surface area contributed by atoms with Gasteiger partial charge in [-0.15, -0.1) is 0 Å². The molecule has 0 bridgehead atoms. The number of carboxylic acids is 1. The van der Waals surface area contributed by atoms with Gasteiger partial charge in [0.25, 0.3) is 0 Å². The Morgan fingerprint density at radius 1 is 1.29 bits per heavy atom. The van der Waals surface area contributed by atoms with Crippen molar-refractivity contribution in [1.82, 2.24) is 5.32 Å². The SMILES string of the molecule is CC1CCC(CO)(NC2CCC2C(=O)O)CC1. The molecule has 0 aliphatic heterocycles. The Hall–Kier alpha value is -0.610. The fourth-order valence-electron chi connectivity index (χ4n) is 3.02. The van der Waals surface area contributed by atoms with Crippen LogP contribution in [0.4, 0.5) is 0 Å². The lowest BCUT2D eigenvalue weighted by molar-refractivity contribution is -0.146. The van der Waals surface area contributed by atoms with E-state index in [2.05, 4.69) is 12.2 Å². The third-order valence-electron chi connectivity index (χ3n) is 4.62. The molecule has 0 saturated heterocycles. The quantitative estimate of drug-likeness (QED) is 0.695. The van der Waals surface area contributed by atoms with Gasteiger partial charge in [0.1, 0.15) is 0 Å². The average molecular weight is 241 g/mol. The molecule has 0 spiro atoms. The van der Waals surface area contributed by atoms with E-state index < -0.39 is 5.97 Å². The van der Waals surface area contributed by atoms with Crippen LogP contribution in [0.15, 0.2) is 0 Å². The first-order valence-electron chi connectivity index (χ1n) is 6.68. The summed E-state index contributed by atoms with van der Waals surface area (Å²) in [6.07, 6.45) is 5.87. The molecule has 0 amide bonds. The number of hydrogen-bond donors (Lipinski definition) is 3. The van der Waals surface area contributed by atoms with Crippen LogP contribution in [0.2, 0.25) is 0 Å². The van der Waals surface area contributed by atoms with E-state index in [0.717, 1.165) is 44.4 Å². The molecule has 17 heavy (non-hydrogen) atoms. The van der Waals surface area contributed by atoms with Crippen LogP contribution in [0.1, 0.15) is 45.4 Å². The average Bonchev–Trinajstić information content (AvgIpc) is 2.27. The lowest BCUT2D eigenvalue weighted by Crippen LogP contribution is -2.60. The minimum Gasteiger partial charge on any atom is -0.481 e. The summed E-state index contributed by atoms with van der Waals surface area (Å²) in [4.78, 5) is 11.0. The van der Waals surface area contributed by atoms with Gasteiger partial charge in [-0.2, -0.15) is 0 Å². The van der Waals surface area contributed by atoms with Gasteiger partial charge in [-0.1, -0.05) is 6.92 Å². The third kappa shape index (κ3) is 2.63. The number of rotatable bonds is 4. The number of nitrogens with one attached hydrogen (secondary N) is 1. The molecule has 2 rings (SSSR count). The summed E-state index contributed by atoms with van der Waals surface area (Å²) >= 11 is 0. The highest BCUT2D eigenvalue weighted by Gasteiger charge is 2.42. The molecule has 98 valence electrons. The highest BCUT2D eigenvalue weighted by Crippen LogP contribution is 2.36. The summed E-state index contributed by atoms with van der Waals surface area (Å²) < 4.78 is 0. The van der Waals surface area contributed by atoms with Gasteiger partial charge in [0.2, 0.25) is 0 Å². The largest absolute Gasteiger partial charge is 0.481 e. The van der Waals surface area contributed by atoms with Crippen LogP contribution in [-0.4, -0.2) is 34.4 Å². The molecule has 2 atom stereocenters. The topological polar surface area (TPSA) is 69.6 Å². The molecule has 2 aliphatic carbocycles. The van der Waals surface area contributed by atoms with Crippen molar-refractivity contribution in [3.8, 4) is 0 Å². The maximum absolute atomic E-state index is 11.0. The maximum atomic E-state index is 11.0. The van der Waals surface area contributed by atoms with Crippen molar-refractivity contribution < 1.29 is 15.0 Å². The first kappa shape index (κ1) is 12.8. The van der Waals surface area contributed by atoms with Crippen LogP contribution in [-0.2, 0) is 4.79 Å². The van der Waals surface area contributed by atoms with Gasteiger partial charge in [0.15, 0.2) is 0 Å². The van der Waals surface area contributed by atoms with Crippen LogP contribution in [0, 0.1) is 11.8 Å². The molecule has 0 aromatic heterocycles. The summed E-state index contributed by atoms with van der Waals surface area (Å²) in [5.74, 6) is -0.225. The van der Waals surface area contributed by atoms with Crippen LogP contribution < -0.4 is 5.32 Å². The van der Waals surface area contributed by atoms with E-state index in [1.54, 1.807) is 0 Å². The molecule has 0 aromatic carbocycles. The van der Waals surface area contributed by atoms with E-state index >= 15 is 0 Å². The Morgan fingerprint density at radius 3 is 2.35 bits per heavy atom. The van der Waals surface area contributed by atoms with Crippen molar-refractivity contribution in [2.75, 3.05) is 6.61 Å². The minimum atomic E-state index is -0.703. The third-order valence-corrected chi connectivity index (χ3v) is 4.62. The fraction of sp³-hybridized carbons (Fsp3) is 0.923. The van der Waals surface area contributed by atoms with Gasteiger partial charge in [-0.25, -0.2) is 0 Å². The Bertz CT molecular complexity index is 284. The molecule has 2 saturated carbocycles. The van der Waals surface area contributed by atoms with Crippen molar-refractivity contribution >= 4 is 5.97 Å². The highest BCUT2D eigenvalue weighted by atomic mass is 16.4. The second-order valence-electron chi connectivity index (χ2n) is 5.89. The normalized spacial score (nSPS) is 41.9. The van der Waals surface area contributed by atoms with E-state index in [1.807, 2.05) is 0 Å². The Kier molecular flexibility index (Phi) is 3.73. The van der Waals surface area contributed by atoms with E-state index in [0.29, 0.717) is 0 Å². The molecule has 2 aliphatic rings. The van der Waals surface area contributed by atoms with Gasteiger partial charge >= 0.3 is 5.97 Å². The molecule has 0 aromatic rings. The zero-order chi connectivity index (χ0) is 12.5. The van der Waals surface area contributed by atoms with Crippen molar-refractivity contribution in [2.24, 2.45) is 11.8 Å². The predicted molar refractivity (Wildman–Crippen MR) is 64.7 cm³/mol. The lowest BCUT2D eigenvalue weighted by Gasteiger charge is -2.46. The molecular formula is C13H23NO3. The van der Waals surface area contributed by atoms with E-state index in [-0.39, 0.29) is 24.1 Å². The molecule has 2 fully saturated rings. The lowest BCUT2D eigenvalue weighted by atomic mass is 9.73. The second kappa shape index (κ2) is 4.94. The number of hydrogen-bond acceptors (Lipinski definition) is 3. The van der Waals surface area contributed by atoms with Crippen LogP contribution in [0.5, 0.6) is 0 Å². The zero-order valence-electron chi connectivity index (χ0n) is 10.5. The molecular weight excluding hydrogens is 218 g/mol. The van der Waals surface area contributed by atoms with Crippen LogP contribution in [0.3, 0.4) is 0 Å². The molecule has 4 nitrogen and oxygen atoms in total. The van der Waals surface area contributed by atoms with Crippen molar-refractivity contribution in [3.63, 3.8) is 0 Å². The maximum Gasteiger partial charge on any atom is 0.308 e. The van der Waals surface area contributed by atoms with Gasteiger partial charge in [-0.3, -0.25) is 4.79 Å². The highest BCUT2D eigenvalue weighted by molar-refractivity contribution is 5.72. The number of carbonyl (C=O) groups is 1. The Morgan fingerprint density at radius 2 is 1.94 bits per heavy atom. The molecule has 0 heterocycles. The van der Waals surface area contributed by atoms with Crippen LogP contribution in [0.25, 0.3) is 0 Å². The van der Waals surface area contributed by atoms with Gasteiger partial charge in [-0.05, 0) is 44.4 Å². The smallest absolute Gasteiger partial charge is 0.308 e. The first-order chi connectivity index (χ1) is 8.06. The predicted octanol–water partition coefficient (Wildman–Crippen LogP) is 1.38. The summed E-state index contributed by atoms with van der Waals surface area (Å²) in [6.45, 7) is 2.37. The summed E-state index contributed by atoms with van der Waals surface area (Å²) in [5.41, 5.74) is -0.217. The molecule has 4 heteroatoms. The zero-order valence-corrected chi connectivity index (χ0v) is 10.5. The monoisotopic (exact) mass is 241 g/mol. The van der Waals surface area contributed by atoms with Crippen molar-refractivity contribution in [2.45, 2.75) is 57.0 Å². The van der Waals surface area contributed by atoms with Gasteiger partial charge < -0.3 is 15.5 Å². The molecule has 2 unspecified atom stereocenters. The van der Waals surface area contributed by atoms with Gasteiger partial charge in [0, 0.05) is 11.6 Å². The van der Waals surface area contributed by atoms with Crippen LogP contribution >= 0.6 is 0 Å². The standard InChI is InChI=1S/C13H23NO3/c1-9-4-6-13(8-15,7-5-9)14-11-3-2-10(11)12(16)17/h9-11,14-15H,2-8H2,1H3,(H,16,17). The Balaban J connectivity index is 1.93. The number of aliphatic hydroxyl groups excluding tert-OH is 1. The molecule has 0 radical (unpaired) electrons. The first-order valence-corrected chi connectivity index (χ1v) is 6.68. The summed E-state index contributed by atoms with van der Waals surface area (Å²) in [5, 5.41) is 22.1. The fourth-order valence-corrected chi connectivity index (χ4v) is 3.02. The van der Waals surface area contributed by atoms with E-state index in [4.69, 9.17) is 5.11 Å². The Labute approximate surface area is 102 Å². The number of aliphatic hydroxyl groups is 1. The number of carboxylic acid groups (broad SMARTS) is 1. The van der Waals surface area contributed by atoms with E-state index in [1.165, 1.54) is 0 Å². The van der Waals surface area contributed by atoms with E-state index in [9.17, 15) is 9.90 Å². The van der Waals surface area contributed by atoms with Gasteiger partial charge in [0.05, 0.1) is 12.5 Å². The molecule has 3 N–H and O–H groups in total. The summed E-state index contributed by atoms with van der Waals surface area (Å²) in [6, 6.07) is 0.0630. The second-order valence-corrected chi connectivity index (χ2v) is 5.89. The van der Waals surface area contributed by atoms with Crippen molar-refractivity contribution in [3.05, 3.63) is 0 Å². The number of aliphatic carboxylic acids is 1. The minimum absolute atomic E-state index is 0.0630. The van der Waals surface area contributed by atoms with Crippen molar-refractivity contribution in [1.29, 1.82) is 0 Å². The summed E-state index contributed by atoms with van der Waals surface area (Å²) in [7, 11) is 0.